The van der Waals surface area contributed by atoms with E-state index < -0.39 is 0 Å². The fraction of sp³-hybridized carbons (Fsp3) is 0.279. The van der Waals surface area contributed by atoms with E-state index in [0.717, 1.165) is 11.4 Å². The standard InChI is InChI=1S/C31H39N2.C12H8NS.Au/c1-20(2)24-13-11-14-25(21(3)4)30(24)32-19-33(29-18-10-9-17-28(29)32)31-26(22(5)6)15-12-16-27(31)23(7)8;1-3-7-11-9(5-1)13-10-6-2-4-8-12(10)14-11;/h9-23H,1-8H3;1-8H;/q2*-1;. The molecule has 0 amide bonds. The molecule has 48 heavy (non-hydrogen) atoms. The SMILES string of the molecule is CC(C)c1cccc(C(C)C)c1N1[CH-]N(c2c(C(C)C)cccc2C(C)C)c2ccccc21.[Au].c1ccc2c(c1)[N-]c1ccccc1S2. The molecule has 0 atom stereocenters. The number of hydrogen-bond acceptors (Lipinski definition) is 3. The van der Waals surface area contributed by atoms with Gasteiger partial charge in [0.1, 0.15) is 0 Å². The third-order valence-electron chi connectivity index (χ3n) is 8.99. The van der Waals surface area contributed by atoms with Crippen molar-refractivity contribution in [2.24, 2.45) is 0 Å². The summed E-state index contributed by atoms with van der Waals surface area (Å²) in [6.07, 6.45) is 0. The Morgan fingerprint density at radius 3 is 1.15 bits per heavy atom. The largest absolute Gasteiger partial charge is 0.656 e. The normalized spacial score (nSPS) is 13.1. The Kier molecular flexibility index (Phi) is 11.5. The molecule has 2 aliphatic heterocycles. The van der Waals surface area contributed by atoms with E-state index >= 15 is 0 Å². The molecule has 5 aromatic carbocycles. The van der Waals surface area contributed by atoms with Crippen molar-refractivity contribution in [1.82, 2.24) is 0 Å². The summed E-state index contributed by atoms with van der Waals surface area (Å²) in [4.78, 5) is 7.38. The molecule has 2 aliphatic rings. The van der Waals surface area contributed by atoms with Crippen molar-refractivity contribution >= 4 is 45.9 Å². The van der Waals surface area contributed by atoms with Gasteiger partial charge in [0.15, 0.2) is 0 Å². The summed E-state index contributed by atoms with van der Waals surface area (Å²) in [5.74, 6) is 1.79. The molecule has 0 aliphatic carbocycles. The predicted molar refractivity (Wildman–Crippen MR) is 204 cm³/mol. The van der Waals surface area contributed by atoms with Gasteiger partial charge in [0.05, 0.1) is 0 Å². The Hall–Kier alpha value is -3.41. The van der Waals surface area contributed by atoms with Crippen LogP contribution in [0.3, 0.4) is 0 Å². The van der Waals surface area contributed by atoms with Crippen molar-refractivity contribution in [3.05, 3.63) is 143 Å². The zero-order valence-electron chi connectivity index (χ0n) is 29.3. The van der Waals surface area contributed by atoms with Gasteiger partial charge in [-0.25, -0.2) is 0 Å². The molecule has 253 valence electrons. The van der Waals surface area contributed by atoms with E-state index in [1.54, 1.807) is 11.8 Å². The molecule has 3 nitrogen and oxygen atoms in total. The summed E-state index contributed by atoms with van der Waals surface area (Å²) in [6.45, 7) is 20.7. The molecule has 0 aromatic heterocycles. The Morgan fingerprint density at radius 1 is 0.458 bits per heavy atom. The number of benzene rings is 5. The van der Waals surface area contributed by atoms with E-state index in [-0.39, 0.29) is 22.4 Å². The van der Waals surface area contributed by atoms with Crippen molar-refractivity contribution in [3.63, 3.8) is 0 Å². The summed E-state index contributed by atoms with van der Waals surface area (Å²) in [5.41, 5.74) is 12.9. The second-order valence-corrected chi connectivity index (χ2v) is 14.8. The summed E-state index contributed by atoms with van der Waals surface area (Å²) in [7, 11) is 0. The molecular weight excluding hydrogens is 788 g/mol. The smallest absolute Gasteiger partial charge is 0.0345 e. The van der Waals surface area contributed by atoms with Crippen LogP contribution in [0.15, 0.2) is 119 Å². The zero-order chi connectivity index (χ0) is 33.2. The van der Waals surface area contributed by atoms with Crippen molar-refractivity contribution in [2.75, 3.05) is 9.80 Å². The van der Waals surface area contributed by atoms with Gasteiger partial charge >= 0.3 is 0 Å². The van der Waals surface area contributed by atoms with Crippen LogP contribution in [-0.2, 0) is 22.4 Å². The molecule has 0 saturated heterocycles. The average Bonchev–Trinajstić information content (AvgIpc) is 3.45. The second-order valence-electron chi connectivity index (χ2n) is 13.7. The summed E-state index contributed by atoms with van der Waals surface area (Å²) in [5, 5.41) is 4.59. The maximum atomic E-state index is 4.59. The Morgan fingerprint density at radius 2 is 0.792 bits per heavy atom. The number of fused-ring (bicyclic) bond motifs is 3. The third kappa shape index (κ3) is 7.14. The topological polar surface area (TPSA) is 20.6 Å². The summed E-state index contributed by atoms with van der Waals surface area (Å²) >= 11 is 1.79. The van der Waals surface area contributed by atoms with Gasteiger partial charge in [0.25, 0.3) is 0 Å². The molecule has 1 radical (unpaired) electrons. The monoisotopic (exact) mass is 834 g/mol. The first-order chi connectivity index (χ1) is 22.7. The first-order valence-corrected chi connectivity index (χ1v) is 17.8. The molecule has 0 bridgehead atoms. The second kappa shape index (κ2) is 15.4. The maximum absolute atomic E-state index is 4.59. The van der Waals surface area contributed by atoms with Crippen molar-refractivity contribution in [1.29, 1.82) is 0 Å². The first kappa shape index (κ1) is 35.9. The Balaban J connectivity index is 0.000000249. The minimum absolute atomic E-state index is 0. The number of rotatable bonds is 6. The van der Waals surface area contributed by atoms with Crippen LogP contribution in [0.2, 0.25) is 0 Å². The van der Waals surface area contributed by atoms with Gasteiger partial charge < -0.3 is 15.1 Å². The van der Waals surface area contributed by atoms with Crippen LogP contribution in [0, 0.1) is 6.67 Å². The predicted octanol–water partition coefficient (Wildman–Crippen LogP) is 14.1. The van der Waals surface area contributed by atoms with Gasteiger partial charge in [-0.3, -0.25) is 0 Å². The van der Waals surface area contributed by atoms with E-state index in [4.69, 9.17) is 0 Å². The van der Waals surface area contributed by atoms with Crippen LogP contribution < -0.4 is 9.80 Å². The van der Waals surface area contributed by atoms with E-state index in [1.807, 2.05) is 12.1 Å². The van der Waals surface area contributed by atoms with Crippen molar-refractivity contribution in [2.45, 2.75) is 88.9 Å². The minimum atomic E-state index is 0. The first-order valence-electron chi connectivity index (χ1n) is 17.0. The molecule has 5 aromatic rings. The summed E-state index contributed by atoms with van der Waals surface area (Å²) in [6, 6.07) is 39.0. The van der Waals surface area contributed by atoms with Gasteiger partial charge in [0, 0.05) is 45.1 Å². The third-order valence-corrected chi connectivity index (χ3v) is 10.1. The van der Waals surface area contributed by atoms with E-state index in [0.29, 0.717) is 23.7 Å². The van der Waals surface area contributed by atoms with Gasteiger partial charge in [0.2, 0.25) is 0 Å². The van der Waals surface area contributed by atoms with Crippen LogP contribution in [0.25, 0.3) is 5.32 Å². The maximum Gasteiger partial charge on any atom is 0.0345 e. The van der Waals surface area contributed by atoms with E-state index in [1.165, 1.54) is 54.8 Å². The molecule has 0 unspecified atom stereocenters. The molecule has 2 heterocycles. The Bertz CT molecular complexity index is 1630. The fourth-order valence-corrected chi connectivity index (χ4v) is 7.53. The molecule has 0 spiro atoms. The number of anilines is 4. The van der Waals surface area contributed by atoms with Crippen LogP contribution in [0.4, 0.5) is 34.1 Å². The van der Waals surface area contributed by atoms with Gasteiger partial charge in [-0.1, -0.05) is 152 Å². The van der Waals surface area contributed by atoms with E-state index in [2.05, 4.69) is 174 Å². The number of para-hydroxylation sites is 6. The quantitative estimate of drug-likeness (QED) is 0.123. The molecule has 0 saturated carbocycles. The molecule has 0 N–H and O–H groups in total. The van der Waals surface area contributed by atoms with Gasteiger partial charge in [-0.15, -0.1) is 18.0 Å². The average molecular weight is 835 g/mol. The molecular formula is C43H47AuN3S-2. The van der Waals surface area contributed by atoms with Crippen LogP contribution >= 0.6 is 11.8 Å². The fourth-order valence-electron chi connectivity index (χ4n) is 6.57. The number of nitrogens with zero attached hydrogens (tertiary/aromatic N) is 3. The van der Waals surface area contributed by atoms with Gasteiger partial charge in [-0.05, 0) is 80.0 Å². The van der Waals surface area contributed by atoms with Gasteiger partial charge in [-0.2, -0.15) is 0 Å². The molecule has 7 rings (SSSR count). The van der Waals surface area contributed by atoms with Crippen molar-refractivity contribution in [3.8, 4) is 0 Å². The zero-order valence-corrected chi connectivity index (χ0v) is 32.3. The molecule has 5 heteroatoms. The van der Waals surface area contributed by atoms with Crippen LogP contribution in [0.1, 0.15) is 101 Å². The van der Waals surface area contributed by atoms with E-state index in [9.17, 15) is 0 Å². The minimum Gasteiger partial charge on any atom is -0.656 e. The number of hydrogen-bond donors (Lipinski definition) is 0. The molecule has 0 fully saturated rings. The summed E-state index contributed by atoms with van der Waals surface area (Å²) < 4.78 is 0. The Labute approximate surface area is 308 Å². The van der Waals surface area contributed by atoms with Crippen molar-refractivity contribution < 1.29 is 22.4 Å². The van der Waals surface area contributed by atoms with Crippen LogP contribution in [0.5, 0.6) is 0 Å². The van der Waals surface area contributed by atoms with Crippen LogP contribution in [-0.4, -0.2) is 0 Å².